The summed E-state index contributed by atoms with van der Waals surface area (Å²) in [5, 5.41) is 19.4. The van der Waals surface area contributed by atoms with Crippen LogP contribution in [0.15, 0.2) is 54.7 Å². The number of benzene rings is 2. The van der Waals surface area contributed by atoms with Crippen molar-refractivity contribution in [3.8, 4) is 0 Å². The van der Waals surface area contributed by atoms with Crippen molar-refractivity contribution in [2.45, 2.75) is 31.7 Å². The third kappa shape index (κ3) is 4.78. The molecule has 0 unspecified atom stereocenters. The quantitative estimate of drug-likeness (QED) is 0.274. The fraction of sp³-hybridized carbons (Fsp3) is 0.346. The highest BCUT2D eigenvalue weighted by Crippen LogP contribution is 2.37. The van der Waals surface area contributed by atoms with Gasteiger partial charge in [-0.3, -0.25) is 14.9 Å². The summed E-state index contributed by atoms with van der Waals surface area (Å²) in [5.74, 6) is -0.535. The highest BCUT2D eigenvalue weighted by atomic mass is 16.5. The van der Waals surface area contributed by atoms with Gasteiger partial charge >= 0.3 is 0 Å². The van der Waals surface area contributed by atoms with E-state index in [1.165, 1.54) is 33.7 Å². The van der Waals surface area contributed by atoms with Crippen molar-refractivity contribution in [2.75, 3.05) is 19.7 Å². The van der Waals surface area contributed by atoms with Crippen molar-refractivity contribution in [1.82, 2.24) is 14.9 Å². The van der Waals surface area contributed by atoms with Crippen LogP contribution in [-0.4, -0.2) is 45.4 Å². The van der Waals surface area contributed by atoms with E-state index < -0.39 is 5.91 Å². The van der Waals surface area contributed by atoms with Gasteiger partial charge in [-0.05, 0) is 60.1 Å². The Labute approximate surface area is 188 Å². The maximum absolute atomic E-state index is 11.3. The molecule has 3 N–H and O–H groups in total. The molecule has 168 valence electrons. The molecule has 0 radical (unpaired) electrons. The first-order valence-electron chi connectivity index (χ1n) is 11.2. The number of carbonyl (C=O) groups excluding carboxylic acids is 1. The molecule has 32 heavy (non-hydrogen) atoms. The molecule has 6 heteroatoms. The molecular formula is C26H31N3O3. The predicted molar refractivity (Wildman–Crippen MR) is 126 cm³/mol. The van der Waals surface area contributed by atoms with E-state index in [0.29, 0.717) is 6.04 Å². The number of fused-ring (bicyclic) bond motifs is 2. The van der Waals surface area contributed by atoms with Crippen LogP contribution in [0.2, 0.25) is 0 Å². The van der Waals surface area contributed by atoms with E-state index in [4.69, 9.17) is 5.21 Å². The van der Waals surface area contributed by atoms with Crippen molar-refractivity contribution >= 4 is 22.9 Å². The number of aliphatic hydroxyl groups excluding tert-OH is 1. The fourth-order valence-corrected chi connectivity index (χ4v) is 4.89. The molecule has 3 aromatic rings. The van der Waals surface area contributed by atoms with Crippen molar-refractivity contribution < 1.29 is 15.1 Å². The lowest BCUT2D eigenvalue weighted by Crippen LogP contribution is -2.31. The summed E-state index contributed by atoms with van der Waals surface area (Å²) >= 11 is 0. The molecule has 6 nitrogen and oxygen atoms in total. The molecule has 4 rings (SSSR count). The first-order chi connectivity index (χ1) is 15.6. The number of aliphatic hydroxyl groups is 1. The van der Waals surface area contributed by atoms with Crippen LogP contribution in [0.25, 0.3) is 17.0 Å². The third-order valence-corrected chi connectivity index (χ3v) is 6.44. The van der Waals surface area contributed by atoms with Crippen molar-refractivity contribution in [3.63, 3.8) is 0 Å². The van der Waals surface area contributed by atoms with Crippen LogP contribution in [0.4, 0.5) is 0 Å². The van der Waals surface area contributed by atoms with Crippen LogP contribution < -0.4 is 5.48 Å². The van der Waals surface area contributed by atoms with Gasteiger partial charge in [0.05, 0.1) is 0 Å². The van der Waals surface area contributed by atoms with Gasteiger partial charge in [0.2, 0.25) is 0 Å². The maximum Gasteiger partial charge on any atom is 0.267 e. The second-order valence-electron chi connectivity index (χ2n) is 8.47. The normalized spacial score (nSPS) is 15.7. The van der Waals surface area contributed by atoms with Crippen molar-refractivity contribution in [2.24, 2.45) is 7.05 Å². The predicted octanol–water partition coefficient (Wildman–Crippen LogP) is 3.61. The summed E-state index contributed by atoms with van der Waals surface area (Å²) in [7, 11) is 2.10. The second-order valence-corrected chi connectivity index (χ2v) is 8.47. The molecular weight excluding hydrogens is 402 g/mol. The van der Waals surface area contributed by atoms with Gasteiger partial charge in [-0.1, -0.05) is 36.4 Å². The van der Waals surface area contributed by atoms with Crippen LogP contribution in [-0.2, 0) is 24.7 Å². The highest BCUT2D eigenvalue weighted by molar-refractivity contribution is 5.90. The van der Waals surface area contributed by atoms with Crippen LogP contribution in [0, 0.1) is 0 Å². The van der Waals surface area contributed by atoms with Gasteiger partial charge in [0.25, 0.3) is 5.91 Å². The standard InChI is InChI=1S/C26H31N3O3/c1-28-18-21(22-5-2-3-6-24(22)28)13-15-29(14-4-16-30)25-11-9-20-17-19(7-10-23(20)25)8-12-26(31)27-32/h2-3,5-8,10,12,17-18,25,30,32H,4,9,11,13-16H2,1H3,(H,27,31)/b12-8+/t25-/m1/s1. The molecule has 0 spiro atoms. The number of carbonyl (C=O) groups is 1. The summed E-state index contributed by atoms with van der Waals surface area (Å²) in [6.45, 7) is 2.00. The number of aryl methyl sites for hydroxylation is 2. The zero-order valence-electron chi connectivity index (χ0n) is 18.5. The van der Waals surface area contributed by atoms with E-state index >= 15 is 0 Å². The Morgan fingerprint density at radius 2 is 2.09 bits per heavy atom. The molecule has 0 aliphatic heterocycles. The first kappa shape index (κ1) is 22.3. The number of nitrogens with one attached hydrogen (secondary N) is 1. The number of nitrogens with zero attached hydrogens (tertiary/aromatic N) is 2. The molecule has 1 aromatic heterocycles. The Morgan fingerprint density at radius 1 is 1.25 bits per heavy atom. The second kappa shape index (κ2) is 10.1. The molecule has 1 atom stereocenters. The molecule has 1 aliphatic rings. The number of rotatable bonds is 9. The largest absolute Gasteiger partial charge is 0.396 e. The molecule has 1 amide bonds. The number of hydrogen-bond donors (Lipinski definition) is 3. The number of para-hydroxylation sites is 1. The SMILES string of the molecule is Cn1cc(CCN(CCCO)[C@@H]2CCc3cc(/C=C/C(=O)NO)ccc32)c2ccccc21. The highest BCUT2D eigenvalue weighted by Gasteiger charge is 2.27. The summed E-state index contributed by atoms with van der Waals surface area (Å²) < 4.78 is 2.19. The van der Waals surface area contributed by atoms with Gasteiger partial charge in [-0.2, -0.15) is 0 Å². The van der Waals surface area contributed by atoms with Gasteiger partial charge in [-0.15, -0.1) is 0 Å². The average molecular weight is 434 g/mol. The van der Waals surface area contributed by atoms with E-state index in [9.17, 15) is 9.90 Å². The third-order valence-electron chi connectivity index (χ3n) is 6.44. The minimum atomic E-state index is -0.535. The van der Waals surface area contributed by atoms with Crippen LogP contribution in [0.3, 0.4) is 0 Å². The monoisotopic (exact) mass is 433 g/mol. The van der Waals surface area contributed by atoms with Gasteiger partial charge in [0, 0.05) is 56.0 Å². The van der Waals surface area contributed by atoms with Crippen molar-refractivity contribution in [3.05, 3.63) is 77.0 Å². The number of amides is 1. The molecule has 0 saturated carbocycles. The molecule has 0 fully saturated rings. The summed E-state index contributed by atoms with van der Waals surface area (Å²) in [6, 6.07) is 15.2. The summed E-state index contributed by atoms with van der Waals surface area (Å²) in [5.41, 5.74) is 7.82. The van der Waals surface area contributed by atoms with Crippen LogP contribution >= 0.6 is 0 Å². The van der Waals surface area contributed by atoms with E-state index in [2.05, 4.69) is 59.1 Å². The smallest absolute Gasteiger partial charge is 0.267 e. The Morgan fingerprint density at radius 3 is 2.91 bits per heavy atom. The minimum Gasteiger partial charge on any atom is -0.396 e. The van der Waals surface area contributed by atoms with Crippen molar-refractivity contribution in [1.29, 1.82) is 0 Å². The van der Waals surface area contributed by atoms with Gasteiger partial charge in [0.15, 0.2) is 0 Å². The number of hydrogen-bond acceptors (Lipinski definition) is 4. The lowest BCUT2D eigenvalue weighted by atomic mass is 10.0. The number of hydroxylamine groups is 1. The average Bonchev–Trinajstić information content (AvgIpc) is 3.38. The van der Waals surface area contributed by atoms with E-state index in [0.717, 1.165) is 44.3 Å². The minimum absolute atomic E-state index is 0.195. The molecule has 1 heterocycles. The van der Waals surface area contributed by atoms with Gasteiger partial charge in [-0.25, -0.2) is 5.48 Å². The zero-order chi connectivity index (χ0) is 22.5. The summed E-state index contributed by atoms with van der Waals surface area (Å²) in [6.07, 6.45) is 9.06. The Hall–Kier alpha value is -2.93. The van der Waals surface area contributed by atoms with E-state index in [1.54, 1.807) is 11.6 Å². The van der Waals surface area contributed by atoms with Gasteiger partial charge in [0.1, 0.15) is 0 Å². The summed E-state index contributed by atoms with van der Waals surface area (Å²) in [4.78, 5) is 13.8. The molecule has 2 aromatic carbocycles. The van der Waals surface area contributed by atoms with Gasteiger partial charge < -0.3 is 9.67 Å². The topological polar surface area (TPSA) is 77.7 Å². The first-order valence-corrected chi connectivity index (χ1v) is 11.2. The Balaban J connectivity index is 1.52. The maximum atomic E-state index is 11.3. The lowest BCUT2D eigenvalue weighted by molar-refractivity contribution is -0.124. The fourth-order valence-electron chi connectivity index (χ4n) is 4.89. The molecule has 0 bridgehead atoms. The zero-order valence-corrected chi connectivity index (χ0v) is 18.5. The van der Waals surface area contributed by atoms with E-state index in [1.807, 2.05) is 6.07 Å². The molecule has 0 saturated heterocycles. The Kier molecular flexibility index (Phi) is 7.05. The molecule has 1 aliphatic carbocycles. The van der Waals surface area contributed by atoms with Crippen LogP contribution in [0.5, 0.6) is 0 Å². The van der Waals surface area contributed by atoms with Crippen LogP contribution in [0.1, 0.15) is 41.1 Å². The lowest BCUT2D eigenvalue weighted by Gasteiger charge is -2.29. The van der Waals surface area contributed by atoms with E-state index in [-0.39, 0.29) is 6.61 Å². The number of aromatic nitrogens is 1. The Bertz CT molecular complexity index is 1120.